The lowest BCUT2D eigenvalue weighted by molar-refractivity contribution is 0.229. The Morgan fingerprint density at radius 2 is 2.28 bits per heavy atom. The molecule has 1 aliphatic rings. The number of ether oxygens (including phenoxy) is 1. The average Bonchev–Trinajstić information content (AvgIpc) is 2.90. The van der Waals surface area contributed by atoms with Gasteiger partial charge in [-0.1, -0.05) is 11.8 Å². The van der Waals surface area contributed by atoms with E-state index in [0.29, 0.717) is 5.75 Å². The molecule has 0 radical (unpaired) electrons. The van der Waals surface area contributed by atoms with Crippen LogP contribution in [0.4, 0.5) is 5.69 Å². The number of nitrogens with zero attached hydrogens (tertiary/aromatic N) is 1. The van der Waals surface area contributed by atoms with Crippen molar-refractivity contribution >= 4 is 22.6 Å². The molecule has 0 fully saturated rings. The molecule has 5 nitrogen and oxygen atoms in total. The van der Waals surface area contributed by atoms with Crippen LogP contribution in [0.3, 0.4) is 0 Å². The Morgan fingerprint density at radius 3 is 2.89 bits per heavy atom. The zero-order valence-electron chi connectivity index (χ0n) is 10.2. The minimum Gasteiger partial charge on any atom is -0.497 e. The van der Waals surface area contributed by atoms with Crippen LogP contribution < -0.4 is 15.4 Å². The van der Waals surface area contributed by atoms with Crippen molar-refractivity contribution in [2.24, 2.45) is 4.99 Å². The maximum absolute atomic E-state index is 9.84. The van der Waals surface area contributed by atoms with Gasteiger partial charge in [0.1, 0.15) is 12.0 Å². The van der Waals surface area contributed by atoms with Gasteiger partial charge in [0.2, 0.25) is 0 Å². The molecule has 1 unspecified atom stereocenters. The first-order chi connectivity index (χ1) is 8.78. The molecule has 0 aromatic heterocycles. The molecule has 0 amide bonds. The SMILES string of the molecule is COc1ccc(NC(O)CSC2=NCCN2)cc1. The van der Waals surface area contributed by atoms with Crippen LogP contribution in [0.15, 0.2) is 29.3 Å². The maximum atomic E-state index is 9.84. The molecule has 2 rings (SSSR count). The molecule has 1 atom stereocenters. The van der Waals surface area contributed by atoms with E-state index in [4.69, 9.17) is 4.74 Å². The summed E-state index contributed by atoms with van der Waals surface area (Å²) in [5.74, 6) is 1.35. The molecular weight excluding hydrogens is 250 g/mol. The fourth-order valence-corrected chi connectivity index (χ4v) is 2.34. The normalized spacial score (nSPS) is 15.8. The molecule has 0 spiro atoms. The molecule has 18 heavy (non-hydrogen) atoms. The van der Waals surface area contributed by atoms with E-state index in [1.165, 1.54) is 11.8 Å². The number of amidine groups is 1. The highest BCUT2D eigenvalue weighted by Crippen LogP contribution is 2.16. The Bertz CT molecular complexity index is 408. The molecule has 98 valence electrons. The summed E-state index contributed by atoms with van der Waals surface area (Å²) in [5, 5.41) is 16.9. The van der Waals surface area contributed by atoms with Crippen molar-refractivity contribution in [1.29, 1.82) is 0 Å². The average molecular weight is 267 g/mol. The molecule has 0 aliphatic carbocycles. The molecule has 1 aromatic rings. The third kappa shape index (κ3) is 3.82. The number of anilines is 1. The van der Waals surface area contributed by atoms with E-state index in [1.54, 1.807) is 7.11 Å². The second kappa shape index (κ2) is 6.51. The summed E-state index contributed by atoms with van der Waals surface area (Å²) >= 11 is 1.52. The van der Waals surface area contributed by atoms with Crippen LogP contribution in [-0.2, 0) is 0 Å². The zero-order chi connectivity index (χ0) is 12.8. The van der Waals surface area contributed by atoms with E-state index in [-0.39, 0.29) is 0 Å². The number of rotatable bonds is 5. The zero-order valence-corrected chi connectivity index (χ0v) is 11.0. The van der Waals surface area contributed by atoms with Gasteiger partial charge < -0.3 is 20.5 Å². The Labute approximate surface area is 111 Å². The number of aliphatic hydroxyl groups is 1. The number of hydrogen-bond acceptors (Lipinski definition) is 6. The van der Waals surface area contributed by atoms with Gasteiger partial charge in [-0.15, -0.1) is 0 Å². The van der Waals surface area contributed by atoms with Gasteiger partial charge in [0.15, 0.2) is 5.17 Å². The summed E-state index contributed by atoms with van der Waals surface area (Å²) in [6.45, 7) is 1.72. The van der Waals surface area contributed by atoms with Crippen LogP contribution >= 0.6 is 11.8 Å². The number of benzene rings is 1. The van der Waals surface area contributed by atoms with Crippen molar-refractivity contribution in [2.75, 3.05) is 31.3 Å². The summed E-state index contributed by atoms with van der Waals surface area (Å²) in [6, 6.07) is 7.45. The summed E-state index contributed by atoms with van der Waals surface area (Å²) in [4.78, 5) is 4.25. The Balaban J connectivity index is 1.77. The summed E-state index contributed by atoms with van der Waals surface area (Å²) in [6.07, 6.45) is -0.603. The molecule has 1 aromatic carbocycles. The highest BCUT2D eigenvalue weighted by Gasteiger charge is 2.09. The second-order valence-corrected chi connectivity index (χ2v) is 4.82. The van der Waals surface area contributed by atoms with Gasteiger partial charge in [0.05, 0.1) is 13.7 Å². The predicted octanol–water partition coefficient (Wildman–Crippen LogP) is 1.12. The van der Waals surface area contributed by atoms with Gasteiger partial charge in [0.25, 0.3) is 0 Å². The third-order valence-electron chi connectivity index (χ3n) is 2.44. The number of hydrogen-bond donors (Lipinski definition) is 3. The van der Waals surface area contributed by atoms with Crippen molar-refractivity contribution in [1.82, 2.24) is 5.32 Å². The molecule has 1 heterocycles. The number of aliphatic imine (C=N–C) groups is 1. The quantitative estimate of drug-likeness (QED) is 0.698. The van der Waals surface area contributed by atoms with Crippen LogP contribution in [0.25, 0.3) is 0 Å². The minimum absolute atomic E-state index is 0.553. The molecule has 0 saturated carbocycles. The molecule has 3 N–H and O–H groups in total. The van der Waals surface area contributed by atoms with Crippen molar-refractivity contribution in [3.8, 4) is 5.75 Å². The largest absolute Gasteiger partial charge is 0.497 e. The Hall–Kier alpha value is -1.40. The van der Waals surface area contributed by atoms with Crippen molar-refractivity contribution < 1.29 is 9.84 Å². The fourth-order valence-electron chi connectivity index (χ4n) is 1.55. The van der Waals surface area contributed by atoms with Crippen LogP contribution in [-0.4, -0.2) is 42.5 Å². The lowest BCUT2D eigenvalue weighted by Crippen LogP contribution is -2.24. The van der Waals surface area contributed by atoms with Crippen molar-refractivity contribution in [3.05, 3.63) is 24.3 Å². The summed E-state index contributed by atoms with van der Waals surface area (Å²) in [5.41, 5.74) is 0.866. The van der Waals surface area contributed by atoms with E-state index in [2.05, 4.69) is 15.6 Å². The van der Waals surface area contributed by atoms with E-state index < -0.39 is 6.23 Å². The van der Waals surface area contributed by atoms with Crippen LogP contribution in [0, 0.1) is 0 Å². The summed E-state index contributed by atoms with van der Waals surface area (Å²) in [7, 11) is 1.63. The molecule has 0 bridgehead atoms. The first kappa shape index (κ1) is 13.0. The van der Waals surface area contributed by atoms with Gasteiger partial charge in [0, 0.05) is 18.0 Å². The second-order valence-electron chi connectivity index (χ2n) is 3.81. The van der Waals surface area contributed by atoms with Gasteiger partial charge >= 0.3 is 0 Å². The number of methoxy groups -OCH3 is 1. The minimum atomic E-state index is -0.603. The summed E-state index contributed by atoms with van der Waals surface area (Å²) < 4.78 is 5.07. The van der Waals surface area contributed by atoms with Gasteiger partial charge in [-0.3, -0.25) is 4.99 Å². The fraction of sp³-hybridized carbons (Fsp3) is 0.417. The smallest absolute Gasteiger partial charge is 0.156 e. The first-order valence-corrected chi connectivity index (χ1v) is 6.76. The third-order valence-corrected chi connectivity index (χ3v) is 3.47. The van der Waals surface area contributed by atoms with Gasteiger partial charge in [-0.05, 0) is 24.3 Å². The predicted molar refractivity (Wildman–Crippen MR) is 75.4 cm³/mol. The van der Waals surface area contributed by atoms with Crippen molar-refractivity contribution in [3.63, 3.8) is 0 Å². The van der Waals surface area contributed by atoms with Gasteiger partial charge in [-0.25, -0.2) is 0 Å². The lowest BCUT2D eigenvalue weighted by atomic mass is 10.3. The van der Waals surface area contributed by atoms with Gasteiger partial charge in [-0.2, -0.15) is 0 Å². The monoisotopic (exact) mass is 267 g/mol. The van der Waals surface area contributed by atoms with Crippen LogP contribution in [0.5, 0.6) is 5.75 Å². The molecule has 0 saturated heterocycles. The van der Waals surface area contributed by atoms with E-state index in [0.717, 1.165) is 29.7 Å². The highest BCUT2D eigenvalue weighted by atomic mass is 32.2. The number of aliphatic hydroxyl groups excluding tert-OH is 1. The van der Waals surface area contributed by atoms with Crippen LogP contribution in [0.2, 0.25) is 0 Å². The van der Waals surface area contributed by atoms with E-state index >= 15 is 0 Å². The Kier molecular flexibility index (Phi) is 4.72. The highest BCUT2D eigenvalue weighted by molar-refractivity contribution is 8.13. The van der Waals surface area contributed by atoms with E-state index in [1.807, 2.05) is 24.3 Å². The topological polar surface area (TPSA) is 65.9 Å². The van der Waals surface area contributed by atoms with Crippen molar-refractivity contribution in [2.45, 2.75) is 6.23 Å². The Morgan fingerprint density at radius 1 is 1.50 bits per heavy atom. The van der Waals surface area contributed by atoms with Crippen LogP contribution in [0.1, 0.15) is 0 Å². The van der Waals surface area contributed by atoms with E-state index in [9.17, 15) is 5.11 Å². The molecular formula is C12H17N3O2S. The first-order valence-electron chi connectivity index (χ1n) is 5.78. The lowest BCUT2D eigenvalue weighted by Gasteiger charge is -2.14. The standard InChI is InChI=1S/C12H17N3O2S/c1-17-10-4-2-9(3-5-10)15-11(16)8-18-12-13-6-7-14-12/h2-5,11,15-16H,6-8H2,1H3,(H,13,14). The maximum Gasteiger partial charge on any atom is 0.156 e. The molecule has 6 heteroatoms. The number of nitrogens with one attached hydrogen (secondary N) is 2. The number of thioether (sulfide) groups is 1. The molecule has 1 aliphatic heterocycles.